The zero-order valence-corrected chi connectivity index (χ0v) is 39.3. The predicted molar refractivity (Wildman–Crippen MR) is 292 cm³/mol. The summed E-state index contributed by atoms with van der Waals surface area (Å²) in [5, 5.41) is 3.97. The van der Waals surface area contributed by atoms with Crippen LogP contribution >= 0.6 is 0 Å². The van der Waals surface area contributed by atoms with Gasteiger partial charge in [0.05, 0.1) is 45.6 Å². The molecule has 0 atom stereocenters. The van der Waals surface area contributed by atoms with E-state index in [2.05, 4.69) is 70.1 Å². The molecule has 6 nitrogen and oxygen atoms in total. The topological polar surface area (TPSA) is 52.9 Å². The van der Waals surface area contributed by atoms with Gasteiger partial charge in [0.15, 0.2) is 23.2 Å². The third-order valence-corrected chi connectivity index (χ3v) is 13.8. The monoisotopic (exact) mass is 960 g/mol. The van der Waals surface area contributed by atoms with Gasteiger partial charge in [0.1, 0.15) is 0 Å². The van der Waals surface area contributed by atoms with E-state index in [-0.39, 0.29) is 23.0 Å². The summed E-state index contributed by atoms with van der Waals surface area (Å²) in [6, 6.07) is 76.0. The first-order valence-electron chi connectivity index (χ1n) is 24.1. The summed E-state index contributed by atoms with van der Waals surface area (Å²) >= 11 is 0. The van der Waals surface area contributed by atoms with Crippen molar-refractivity contribution in [3.05, 3.63) is 254 Å². The van der Waals surface area contributed by atoms with Crippen molar-refractivity contribution in [2.24, 2.45) is 0 Å². The Labute approximate surface area is 423 Å². The van der Waals surface area contributed by atoms with E-state index in [0.717, 1.165) is 94.8 Å². The number of hydrogen-bond acceptors (Lipinski definition) is 3. The average molecular weight is 961 g/mol. The highest BCUT2D eigenvalue weighted by Crippen LogP contribution is 2.43. The fourth-order valence-electron chi connectivity index (χ4n) is 10.3. The molecule has 13 rings (SSSR count). The second-order valence-electron chi connectivity index (χ2n) is 18.2. The maximum atomic E-state index is 15.1. The summed E-state index contributed by atoms with van der Waals surface area (Å²) in [5.74, 6) is 0.588. The van der Waals surface area contributed by atoms with Crippen LogP contribution in [-0.2, 0) is 6.18 Å². The highest BCUT2D eigenvalue weighted by atomic mass is 19.4. The minimum Gasteiger partial charge on any atom is -0.309 e. The Bertz CT molecular complexity index is 4360. The van der Waals surface area contributed by atoms with Gasteiger partial charge < -0.3 is 9.13 Å². The van der Waals surface area contributed by atoms with Crippen molar-refractivity contribution in [2.75, 3.05) is 0 Å². The van der Waals surface area contributed by atoms with Crippen molar-refractivity contribution >= 4 is 49.3 Å². The molecule has 0 amide bonds. The molecule has 0 unspecified atom stereocenters. The molecule has 9 heteroatoms. The van der Waals surface area contributed by atoms with Crippen LogP contribution in [0.4, 0.5) is 18.9 Å². The van der Waals surface area contributed by atoms with E-state index in [0.29, 0.717) is 22.5 Å². The maximum Gasteiger partial charge on any atom is 0.416 e. The molecule has 0 radical (unpaired) electrons. The number of para-hydroxylation sites is 2. The SMILES string of the molecule is [C-]#[N+]c1cccc(-c2ccc(-n3c4ccccc4c4cc(-c5ccccc5)ccc43)c(-c3nc(-c4ccccc4)nc(-c4cc(C(F)(F)F)ccc4-n4c5ccccc5c5cc(-c6ccccc6)ccc54)n3)c2)c1. The summed E-state index contributed by atoms with van der Waals surface area (Å²) in [6.45, 7) is 7.82. The van der Waals surface area contributed by atoms with E-state index < -0.39 is 11.7 Å². The number of benzene rings is 10. The van der Waals surface area contributed by atoms with Gasteiger partial charge in [-0.3, -0.25) is 0 Å². The summed E-state index contributed by atoms with van der Waals surface area (Å²) in [4.78, 5) is 19.4. The number of hydrogen-bond donors (Lipinski definition) is 0. The van der Waals surface area contributed by atoms with Gasteiger partial charge in [-0.25, -0.2) is 19.8 Å². The van der Waals surface area contributed by atoms with Crippen LogP contribution in [0.1, 0.15) is 5.56 Å². The van der Waals surface area contributed by atoms with Gasteiger partial charge in [-0.05, 0) is 106 Å². The molecule has 0 saturated heterocycles. The van der Waals surface area contributed by atoms with Crippen molar-refractivity contribution in [1.82, 2.24) is 24.1 Å². The minimum absolute atomic E-state index is 0.0582. The smallest absolute Gasteiger partial charge is 0.309 e. The van der Waals surface area contributed by atoms with E-state index in [1.807, 2.05) is 156 Å². The van der Waals surface area contributed by atoms with E-state index in [4.69, 9.17) is 21.5 Å². The summed E-state index contributed by atoms with van der Waals surface area (Å²) < 4.78 is 49.6. The number of rotatable bonds is 8. The van der Waals surface area contributed by atoms with Crippen molar-refractivity contribution in [2.45, 2.75) is 6.18 Å². The first kappa shape index (κ1) is 44.1. The van der Waals surface area contributed by atoms with Crippen LogP contribution in [0.5, 0.6) is 0 Å². The average Bonchev–Trinajstić information content (AvgIpc) is 3.97. The first-order chi connectivity index (χ1) is 36.3. The van der Waals surface area contributed by atoms with Crippen LogP contribution in [0.3, 0.4) is 0 Å². The predicted octanol–water partition coefficient (Wildman–Crippen LogP) is 17.6. The molecule has 0 aliphatic heterocycles. The first-order valence-corrected chi connectivity index (χ1v) is 24.1. The number of nitrogens with zero attached hydrogens (tertiary/aromatic N) is 6. The molecule has 0 aliphatic rings. The van der Waals surface area contributed by atoms with Crippen molar-refractivity contribution in [3.8, 4) is 78.9 Å². The number of alkyl halides is 3. The molecule has 350 valence electrons. The van der Waals surface area contributed by atoms with E-state index in [9.17, 15) is 0 Å². The zero-order chi connectivity index (χ0) is 49.9. The Hall–Kier alpha value is -9.91. The largest absolute Gasteiger partial charge is 0.416 e. The van der Waals surface area contributed by atoms with Gasteiger partial charge in [0, 0.05) is 38.2 Å². The van der Waals surface area contributed by atoms with Crippen LogP contribution in [0, 0.1) is 6.57 Å². The molecular formula is C65H39F3N6. The third kappa shape index (κ3) is 7.65. The molecule has 0 saturated carbocycles. The van der Waals surface area contributed by atoms with Crippen molar-refractivity contribution in [1.29, 1.82) is 0 Å². The van der Waals surface area contributed by atoms with Crippen LogP contribution in [0.25, 0.3) is 127 Å². The highest BCUT2D eigenvalue weighted by Gasteiger charge is 2.33. The second-order valence-corrected chi connectivity index (χ2v) is 18.2. The minimum atomic E-state index is -4.69. The molecule has 74 heavy (non-hydrogen) atoms. The fraction of sp³-hybridized carbons (Fsp3) is 0.0154. The molecular weight excluding hydrogens is 922 g/mol. The molecule has 13 aromatic rings. The van der Waals surface area contributed by atoms with Crippen LogP contribution in [0.2, 0.25) is 0 Å². The van der Waals surface area contributed by atoms with Gasteiger partial charge in [0.25, 0.3) is 0 Å². The normalized spacial score (nSPS) is 11.7. The Morgan fingerprint density at radius 3 is 1.30 bits per heavy atom. The molecule has 0 fully saturated rings. The Morgan fingerprint density at radius 1 is 0.338 bits per heavy atom. The number of halogens is 3. The number of aromatic nitrogens is 5. The van der Waals surface area contributed by atoms with Gasteiger partial charge in [0.2, 0.25) is 0 Å². The molecule has 10 aromatic carbocycles. The lowest BCUT2D eigenvalue weighted by Crippen LogP contribution is -2.09. The van der Waals surface area contributed by atoms with Crippen molar-refractivity contribution in [3.63, 3.8) is 0 Å². The Balaban J connectivity index is 1.10. The molecule has 3 heterocycles. The lowest BCUT2D eigenvalue weighted by molar-refractivity contribution is -0.137. The Morgan fingerprint density at radius 2 is 0.757 bits per heavy atom. The van der Waals surface area contributed by atoms with E-state index >= 15 is 13.2 Å². The van der Waals surface area contributed by atoms with E-state index in [1.165, 1.54) is 6.07 Å². The lowest BCUT2D eigenvalue weighted by atomic mass is 10.00. The quantitative estimate of drug-likeness (QED) is 0.143. The summed E-state index contributed by atoms with van der Waals surface area (Å²) in [7, 11) is 0. The molecule has 0 bridgehead atoms. The molecule has 3 aromatic heterocycles. The summed E-state index contributed by atoms with van der Waals surface area (Å²) in [6.07, 6.45) is -4.69. The third-order valence-electron chi connectivity index (χ3n) is 13.8. The fourth-order valence-corrected chi connectivity index (χ4v) is 10.3. The lowest BCUT2D eigenvalue weighted by Gasteiger charge is -2.18. The van der Waals surface area contributed by atoms with Gasteiger partial charge >= 0.3 is 6.18 Å². The van der Waals surface area contributed by atoms with Gasteiger partial charge in [-0.2, -0.15) is 13.2 Å². The Kier molecular flexibility index (Phi) is 10.6. The maximum absolute atomic E-state index is 15.1. The van der Waals surface area contributed by atoms with Gasteiger partial charge in [-0.15, -0.1) is 0 Å². The standard InChI is InChI=1S/C65H39F3N6/c1-69-49-23-15-22-44(36-49)47-30-34-60(73-56-26-13-11-24-50(56)52-37-45(28-32-58(52)73)41-16-5-2-6-17-41)54(39-47)63-70-62(43-20-9-4-10-21-43)71-64(72-63)55-40-48(65(66,67)68)31-35-61(55)74-57-27-14-12-25-51(57)53-38-46(29-33-59(53)74)42-18-7-3-8-19-42/h2-40H. The molecule has 0 N–H and O–H groups in total. The summed E-state index contributed by atoms with van der Waals surface area (Å²) in [5.41, 5.74) is 11.6. The van der Waals surface area contributed by atoms with Crippen LogP contribution in [-0.4, -0.2) is 24.1 Å². The van der Waals surface area contributed by atoms with Crippen molar-refractivity contribution < 1.29 is 13.2 Å². The number of fused-ring (bicyclic) bond motifs is 6. The van der Waals surface area contributed by atoms with Crippen LogP contribution in [0.15, 0.2) is 237 Å². The van der Waals surface area contributed by atoms with Gasteiger partial charge in [-0.1, -0.05) is 164 Å². The molecule has 0 aliphatic carbocycles. The van der Waals surface area contributed by atoms with Crippen LogP contribution < -0.4 is 0 Å². The second kappa shape index (κ2) is 17.7. The molecule has 0 spiro atoms. The zero-order valence-electron chi connectivity index (χ0n) is 39.3. The highest BCUT2D eigenvalue weighted by molar-refractivity contribution is 6.12. The van der Waals surface area contributed by atoms with E-state index in [1.54, 1.807) is 6.07 Å².